The molecule has 1 N–H and O–H groups in total. The summed E-state index contributed by atoms with van der Waals surface area (Å²) in [6.45, 7) is 3.82. The first kappa shape index (κ1) is 16.3. The molecule has 0 amide bonds. The van der Waals surface area contributed by atoms with Gasteiger partial charge in [-0.05, 0) is 49.4 Å². The predicted molar refractivity (Wildman–Crippen MR) is 79.9 cm³/mol. The molecule has 0 aliphatic carbocycles. The van der Waals surface area contributed by atoms with E-state index in [1.165, 1.54) is 12.1 Å². The third-order valence-corrected chi connectivity index (χ3v) is 6.13. The summed E-state index contributed by atoms with van der Waals surface area (Å²) in [6, 6.07) is 3.50. The summed E-state index contributed by atoms with van der Waals surface area (Å²) < 4.78 is 26.6. The number of rotatable bonds is 3. The van der Waals surface area contributed by atoms with E-state index in [-0.39, 0.29) is 17.4 Å². The molecule has 1 aromatic rings. The van der Waals surface area contributed by atoms with E-state index >= 15 is 0 Å². The number of aryl methyl sites for hydroxylation is 1. The van der Waals surface area contributed by atoms with Gasteiger partial charge in [-0.15, -0.1) is 0 Å². The molecule has 2 atom stereocenters. The highest BCUT2D eigenvalue weighted by molar-refractivity contribution is 7.89. The molecule has 0 aromatic heterocycles. The van der Waals surface area contributed by atoms with Gasteiger partial charge >= 0.3 is 5.97 Å². The van der Waals surface area contributed by atoms with Gasteiger partial charge in [0.05, 0.1) is 4.90 Å². The number of halogens is 1. The first-order chi connectivity index (χ1) is 9.73. The van der Waals surface area contributed by atoms with E-state index in [4.69, 9.17) is 11.6 Å². The average molecular weight is 332 g/mol. The van der Waals surface area contributed by atoms with E-state index in [0.717, 1.165) is 4.31 Å². The lowest BCUT2D eigenvalue weighted by Gasteiger charge is -2.35. The van der Waals surface area contributed by atoms with Gasteiger partial charge in [0.15, 0.2) is 0 Å². The van der Waals surface area contributed by atoms with Crippen LogP contribution in [0, 0.1) is 12.8 Å². The smallest absolute Gasteiger partial charge is 0.322 e. The van der Waals surface area contributed by atoms with Crippen molar-refractivity contribution in [2.24, 2.45) is 5.92 Å². The molecule has 2 unspecified atom stereocenters. The Morgan fingerprint density at radius 2 is 2.10 bits per heavy atom. The van der Waals surface area contributed by atoms with Crippen LogP contribution in [0.1, 0.15) is 25.3 Å². The molecule has 0 saturated carbocycles. The molecular formula is C14H18ClNO4S. The van der Waals surface area contributed by atoms with Crippen molar-refractivity contribution in [1.82, 2.24) is 4.31 Å². The summed E-state index contributed by atoms with van der Waals surface area (Å²) >= 11 is 5.85. The standard InChI is InChI=1S/C14H18ClNO4S/c1-9-5-6-16(12(7-9)14(17)18)21(19,20)13-4-3-11(15)8-10(13)2/h3-4,8-9,12H,5-7H2,1-2H3,(H,17,18). The molecule has 116 valence electrons. The van der Waals surface area contributed by atoms with Crippen molar-refractivity contribution in [2.45, 2.75) is 37.6 Å². The number of benzene rings is 1. The van der Waals surface area contributed by atoms with Crippen LogP contribution in [0.4, 0.5) is 0 Å². The lowest BCUT2D eigenvalue weighted by atomic mass is 9.94. The summed E-state index contributed by atoms with van der Waals surface area (Å²) in [6.07, 6.45) is 0.997. The second kappa shape index (κ2) is 5.94. The van der Waals surface area contributed by atoms with Crippen molar-refractivity contribution in [3.63, 3.8) is 0 Å². The zero-order valence-corrected chi connectivity index (χ0v) is 13.5. The lowest BCUT2D eigenvalue weighted by Crippen LogP contribution is -2.49. The summed E-state index contributed by atoms with van der Waals surface area (Å²) in [5, 5.41) is 9.78. The first-order valence-corrected chi connectivity index (χ1v) is 8.56. The number of carbonyl (C=O) groups is 1. The third-order valence-electron chi connectivity index (χ3n) is 3.82. The molecule has 1 aliphatic heterocycles. The largest absolute Gasteiger partial charge is 0.480 e. The molecule has 2 rings (SSSR count). The summed E-state index contributed by atoms with van der Waals surface area (Å²) in [5.74, 6) is -0.902. The van der Waals surface area contributed by atoms with Crippen LogP contribution in [0.3, 0.4) is 0 Å². The topological polar surface area (TPSA) is 74.7 Å². The van der Waals surface area contributed by atoms with Crippen LogP contribution in [0.5, 0.6) is 0 Å². The Bertz CT molecular complexity index is 659. The van der Waals surface area contributed by atoms with E-state index < -0.39 is 22.0 Å². The molecule has 0 bridgehead atoms. The monoisotopic (exact) mass is 331 g/mol. The number of hydrogen-bond acceptors (Lipinski definition) is 3. The van der Waals surface area contributed by atoms with E-state index in [0.29, 0.717) is 23.4 Å². The van der Waals surface area contributed by atoms with Crippen LogP contribution in [0.25, 0.3) is 0 Å². The molecule has 1 saturated heterocycles. The highest BCUT2D eigenvalue weighted by Crippen LogP contribution is 2.30. The van der Waals surface area contributed by atoms with Crippen LogP contribution >= 0.6 is 11.6 Å². The Morgan fingerprint density at radius 1 is 1.43 bits per heavy atom. The number of carboxylic acids is 1. The maximum atomic E-state index is 12.8. The van der Waals surface area contributed by atoms with Gasteiger partial charge in [0, 0.05) is 11.6 Å². The van der Waals surface area contributed by atoms with Crippen LogP contribution in [0.2, 0.25) is 5.02 Å². The number of aliphatic carboxylic acids is 1. The second-order valence-electron chi connectivity index (χ2n) is 5.51. The minimum absolute atomic E-state index is 0.118. The van der Waals surface area contributed by atoms with Crippen LogP contribution in [-0.2, 0) is 14.8 Å². The maximum absolute atomic E-state index is 12.8. The van der Waals surface area contributed by atoms with Gasteiger partial charge < -0.3 is 5.11 Å². The molecule has 1 heterocycles. The van der Waals surface area contributed by atoms with Crippen molar-refractivity contribution < 1.29 is 18.3 Å². The third kappa shape index (κ3) is 3.22. The molecule has 1 fully saturated rings. The van der Waals surface area contributed by atoms with Gasteiger partial charge in [-0.2, -0.15) is 4.31 Å². The number of sulfonamides is 1. The normalized spacial score (nSPS) is 24.0. The van der Waals surface area contributed by atoms with Crippen LogP contribution in [-0.4, -0.2) is 36.4 Å². The summed E-state index contributed by atoms with van der Waals surface area (Å²) in [4.78, 5) is 11.5. The molecular weight excluding hydrogens is 314 g/mol. The van der Waals surface area contributed by atoms with Gasteiger partial charge in [0.2, 0.25) is 10.0 Å². The number of carboxylic acid groups (broad SMARTS) is 1. The molecule has 0 spiro atoms. The minimum atomic E-state index is -3.83. The molecule has 5 nitrogen and oxygen atoms in total. The molecule has 0 radical (unpaired) electrons. The zero-order chi connectivity index (χ0) is 15.8. The maximum Gasteiger partial charge on any atom is 0.322 e. The molecule has 1 aromatic carbocycles. The first-order valence-electron chi connectivity index (χ1n) is 6.74. The quantitative estimate of drug-likeness (QED) is 0.923. The Kier molecular flexibility index (Phi) is 4.60. The van der Waals surface area contributed by atoms with E-state index in [2.05, 4.69) is 0 Å². The predicted octanol–water partition coefficient (Wildman–Crippen LogP) is 2.52. The minimum Gasteiger partial charge on any atom is -0.480 e. The van der Waals surface area contributed by atoms with Gasteiger partial charge in [-0.1, -0.05) is 18.5 Å². The van der Waals surface area contributed by atoms with Crippen molar-refractivity contribution in [3.05, 3.63) is 28.8 Å². The molecule has 21 heavy (non-hydrogen) atoms. The zero-order valence-electron chi connectivity index (χ0n) is 11.9. The summed E-state index contributed by atoms with van der Waals surface area (Å²) in [5.41, 5.74) is 0.519. The van der Waals surface area contributed by atoms with Crippen LogP contribution < -0.4 is 0 Å². The van der Waals surface area contributed by atoms with Crippen molar-refractivity contribution in [2.75, 3.05) is 6.54 Å². The summed E-state index contributed by atoms with van der Waals surface area (Å²) in [7, 11) is -3.83. The lowest BCUT2D eigenvalue weighted by molar-refractivity contribution is -0.143. The fourth-order valence-corrected chi connectivity index (χ4v) is 4.70. The van der Waals surface area contributed by atoms with Crippen molar-refractivity contribution in [1.29, 1.82) is 0 Å². The van der Waals surface area contributed by atoms with E-state index in [1.54, 1.807) is 13.0 Å². The second-order valence-corrected chi connectivity index (χ2v) is 7.80. The highest BCUT2D eigenvalue weighted by atomic mass is 35.5. The van der Waals surface area contributed by atoms with E-state index in [9.17, 15) is 18.3 Å². The fourth-order valence-electron chi connectivity index (χ4n) is 2.66. The van der Waals surface area contributed by atoms with Gasteiger partial charge in [-0.3, -0.25) is 4.79 Å². The average Bonchev–Trinajstić information content (AvgIpc) is 2.37. The number of nitrogens with zero attached hydrogens (tertiary/aromatic N) is 1. The van der Waals surface area contributed by atoms with Gasteiger partial charge in [0.1, 0.15) is 6.04 Å². The highest BCUT2D eigenvalue weighted by Gasteiger charge is 2.40. The van der Waals surface area contributed by atoms with Crippen LogP contribution in [0.15, 0.2) is 23.1 Å². The molecule has 1 aliphatic rings. The van der Waals surface area contributed by atoms with Gasteiger partial charge in [0.25, 0.3) is 0 Å². The van der Waals surface area contributed by atoms with Gasteiger partial charge in [-0.25, -0.2) is 8.42 Å². The Hall–Kier alpha value is -1.11. The Labute approximate surface area is 129 Å². The molecule has 7 heteroatoms. The number of hydrogen-bond donors (Lipinski definition) is 1. The Morgan fingerprint density at radius 3 is 2.67 bits per heavy atom. The van der Waals surface area contributed by atoms with Crippen molar-refractivity contribution in [3.8, 4) is 0 Å². The number of piperidine rings is 1. The fraction of sp³-hybridized carbons (Fsp3) is 0.500. The Balaban J connectivity index is 2.44. The SMILES string of the molecule is Cc1cc(Cl)ccc1S(=O)(=O)N1CCC(C)CC1C(=O)O. The van der Waals surface area contributed by atoms with E-state index in [1.807, 2.05) is 6.92 Å². The van der Waals surface area contributed by atoms with Crippen molar-refractivity contribution >= 4 is 27.6 Å².